The Balaban J connectivity index is 1.85. The van der Waals surface area contributed by atoms with Crippen LogP contribution in [-0.4, -0.2) is 17.0 Å². The van der Waals surface area contributed by atoms with E-state index in [1.165, 1.54) is 0 Å². The first-order valence-electron chi connectivity index (χ1n) is 7.25. The van der Waals surface area contributed by atoms with Gasteiger partial charge in [0.15, 0.2) is 5.82 Å². The van der Waals surface area contributed by atoms with Gasteiger partial charge in [0, 0.05) is 23.7 Å². The lowest BCUT2D eigenvalue weighted by molar-refractivity contribution is 1.14. The minimum absolute atomic E-state index is 0.515. The molecule has 0 aliphatic carbocycles. The normalized spacial score (nSPS) is 10.3. The van der Waals surface area contributed by atoms with Crippen molar-refractivity contribution in [1.29, 1.82) is 0 Å². The molecule has 3 aromatic rings. The summed E-state index contributed by atoms with van der Waals surface area (Å²) in [6.07, 6.45) is 0. The molecular weight excluding hydrogens is 345 g/mol. The molecule has 0 atom stereocenters. The Kier molecular flexibility index (Phi) is 5.03. The number of aromatic nitrogens is 2. The zero-order valence-corrected chi connectivity index (χ0v) is 14.4. The first-order chi connectivity index (χ1) is 11.7. The molecule has 7 heteroatoms. The van der Waals surface area contributed by atoms with Gasteiger partial charge in [0.1, 0.15) is 0 Å². The highest BCUT2D eigenvalue weighted by atomic mass is 35.5. The maximum absolute atomic E-state index is 6.15. The lowest BCUT2D eigenvalue weighted by Gasteiger charge is -2.13. The monoisotopic (exact) mass is 359 g/mol. The smallest absolute Gasteiger partial charge is 0.225 e. The van der Waals surface area contributed by atoms with Crippen LogP contribution in [0.4, 0.5) is 17.5 Å². The Labute approximate surface area is 150 Å². The topological polar surface area (TPSA) is 61.9 Å². The maximum atomic E-state index is 6.15. The molecule has 0 saturated heterocycles. The van der Waals surface area contributed by atoms with Gasteiger partial charge in [-0.25, -0.2) is 4.98 Å². The van der Waals surface area contributed by atoms with Gasteiger partial charge in [-0.3, -0.25) is 10.9 Å². The lowest BCUT2D eigenvalue weighted by Crippen LogP contribution is -2.12. The summed E-state index contributed by atoms with van der Waals surface area (Å²) in [5.74, 6) is 1.13. The van der Waals surface area contributed by atoms with Crippen LogP contribution in [0.5, 0.6) is 0 Å². The van der Waals surface area contributed by atoms with Crippen LogP contribution in [-0.2, 0) is 0 Å². The highest BCUT2D eigenvalue weighted by Gasteiger charge is 2.07. The van der Waals surface area contributed by atoms with Crippen LogP contribution in [0.2, 0.25) is 10.0 Å². The quantitative estimate of drug-likeness (QED) is 0.563. The number of rotatable bonds is 5. The van der Waals surface area contributed by atoms with E-state index in [-0.39, 0.29) is 0 Å². The van der Waals surface area contributed by atoms with Crippen molar-refractivity contribution in [2.75, 3.05) is 23.2 Å². The van der Waals surface area contributed by atoms with Gasteiger partial charge in [-0.2, -0.15) is 4.98 Å². The Hall–Kier alpha value is -2.50. The Morgan fingerprint density at radius 3 is 2.38 bits per heavy atom. The summed E-state index contributed by atoms with van der Waals surface area (Å²) in [5.41, 5.74) is 8.58. The molecule has 2 aromatic carbocycles. The molecule has 1 aromatic heterocycles. The van der Waals surface area contributed by atoms with E-state index < -0.39 is 0 Å². The SMILES string of the molecule is CNc1nc(NNc2ccc(Cl)cc2Cl)cc(-c2ccccc2)n1. The predicted octanol–water partition coefficient (Wildman–Crippen LogP) is 4.93. The average Bonchev–Trinajstić information content (AvgIpc) is 2.61. The number of benzene rings is 2. The third kappa shape index (κ3) is 3.88. The fourth-order valence-electron chi connectivity index (χ4n) is 2.10. The molecule has 0 spiro atoms. The molecule has 24 heavy (non-hydrogen) atoms. The molecule has 0 unspecified atom stereocenters. The van der Waals surface area contributed by atoms with Crippen molar-refractivity contribution in [2.45, 2.75) is 0 Å². The molecule has 0 aliphatic rings. The Bertz CT molecular complexity index is 840. The van der Waals surface area contributed by atoms with Crippen LogP contribution in [0.1, 0.15) is 0 Å². The summed E-state index contributed by atoms with van der Waals surface area (Å²) >= 11 is 12.1. The number of hydrogen-bond acceptors (Lipinski definition) is 5. The standard InChI is InChI=1S/C17H15Cl2N5/c1-20-17-21-15(11-5-3-2-4-6-11)10-16(22-17)24-23-14-8-7-12(18)9-13(14)19/h2-10,23H,1H3,(H2,20,21,22,24). The number of hydrogen-bond donors (Lipinski definition) is 3. The number of nitrogens with one attached hydrogen (secondary N) is 3. The van der Waals surface area contributed by atoms with Gasteiger partial charge in [0.25, 0.3) is 0 Å². The van der Waals surface area contributed by atoms with Crippen LogP contribution in [0.15, 0.2) is 54.6 Å². The van der Waals surface area contributed by atoms with Gasteiger partial charge in [-0.05, 0) is 18.2 Å². The molecule has 3 rings (SSSR count). The minimum Gasteiger partial charge on any atom is -0.357 e. The van der Waals surface area contributed by atoms with Crippen molar-refractivity contribution in [2.24, 2.45) is 0 Å². The van der Waals surface area contributed by atoms with Gasteiger partial charge in [0.05, 0.1) is 16.4 Å². The molecule has 0 amide bonds. The van der Waals surface area contributed by atoms with Crippen LogP contribution >= 0.6 is 23.2 Å². The summed E-state index contributed by atoms with van der Waals surface area (Å²) in [5, 5.41) is 4.06. The van der Waals surface area contributed by atoms with Crippen molar-refractivity contribution >= 4 is 40.7 Å². The number of halogens is 2. The van der Waals surface area contributed by atoms with Crippen molar-refractivity contribution in [3.8, 4) is 11.3 Å². The maximum Gasteiger partial charge on any atom is 0.225 e. The van der Waals surface area contributed by atoms with E-state index in [0.717, 1.165) is 11.3 Å². The second kappa shape index (κ2) is 7.38. The van der Waals surface area contributed by atoms with E-state index in [1.54, 1.807) is 25.2 Å². The highest BCUT2D eigenvalue weighted by molar-refractivity contribution is 6.36. The summed E-state index contributed by atoms with van der Waals surface area (Å²) < 4.78 is 0. The van der Waals surface area contributed by atoms with Crippen molar-refractivity contribution in [3.63, 3.8) is 0 Å². The molecule has 0 radical (unpaired) electrons. The van der Waals surface area contributed by atoms with Gasteiger partial charge in [-0.1, -0.05) is 53.5 Å². The molecular formula is C17H15Cl2N5. The van der Waals surface area contributed by atoms with Crippen molar-refractivity contribution < 1.29 is 0 Å². The van der Waals surface area contributed by atoms with E-state index in [0.29, 0.717) is 27.5 Å². The first kappa shape index (κ1) is 16.4. The minimum atomic E-state index is 0.515. The molecule has 5 nitrogen and oxygen atoms in total. The van der Waals surface area contributed by atoms with Gasteiger partial charge in [-0.15, -0.1) is 0 Å². The first-order valence-corrected chi connectivity index (χ1v) is 8.00. The largest absolute Gasteiger partial charge is 0.357 e. The molecule has 122 valence electrons. The van der Waals surface area contributed by atoms with Crippen LogP contribution in [0, 0.1) is 0 Å². The lowest BCUT2D eigenvalue weighted by atomic mass is 10.1. The van der Waals surface area contributed by atoms with E-state index in [2.05, 4.69) is 26.1 Å². The molecule has 0 saturated carbocycles. The third-order valence-electron chi connectivity index (χ3n) is 3.28. The highest BCUT2D eigenvalue weighted by Crippen LogP contribution is 2.26. The molecule has 0 fully saturated rings. The molecule has 0 bridgehead atoms. The molecule has 1 heterocycles. The van der Waals surface area contributed by atoms with Gasteiger partial charge >= 0.3 is 0 Å². The third-order valence-corrected chi connectivity index (χ3v) is 3.82. The fourth-order valence-corrected chi connectivity index (χ4v) is 2.56. The second-order valence-corrected chi connectivity index (χ2v) is 5.80. The van der Waals surface area contributed by atoms with E-state index >= 15 is 0 Å². The summed E-state index contributed by atoms with van der Waals surface area (Å²) in [6, 6.07) is 17.0. The zero-order valence-electron chi connectivity index (χ0n) is 12.8. The number of hydrazine groups is 1. The summed E-state index contributed by atoms with van der Waals surface area (Å²) in [4.78, 5) is 8.85. The number of nitrogens with zero attached hydrogens (tertiary/aromatic N) is 2. The van der Waals surface area contributed by atoms with E-state index in [9.17, 15) is 0 Å². The van der Waals surface area contributed by atoms with E-state index in [4.69, 9.17) is 23.2 Å². The number of anilines is 3. The van der Waals surface area contributed by atoms with Crippen molar-refractivity contribution in [1.82, 2.24) is 9.97 Å². The van der Waals surface area contributed by atoms with Crippen LogP contribution in [0.3, 0.4) is 0 Å². The van der Waals surface area contributed by atoms with Gasteiger partial charge < -0.3 is 5.32 Å². The van der Waals surface area contributed by atoms with Crippen LogP contribution in [0.25, 0.3) is 11.3 Å². The Morgan fingerprint density at radius 2 is 1.67 bits per heavy atom. The van der Waals surface area contributed by atoms with Crippen LogP contribution < -0.4 is 16.2 Å². The average molecular weight is 360 g/mol. The van der Waals surface area contributed by atoms with Crippen molar-refractivity contribution in [3.05, 3.63) is 64.6 Å². The second-order valence-electron chi connectivity index (χ2n) is 4.95. The van der Waals surface area contributed by atoms with Gasteiger partial charge in [0.2, 0.25) is 5.95 Å². The molecule has 3 N–H and O–H groups in total. The summed E-state index contributed by atoms with van der Waals surface area (Å²) in [7, 11) is 1.78. The zero-order chi connectivity index (χ0) is 16.9. The molecule has 0 aliphatic heterocycles. The summed E-state index contributed by atoms with van der Waals surface area (Å²) in [6.45, 7) is 0. The predicted molar refractivity (Wildman–Crippen MR) is 101 cm³/mol. The fraction of sp³-hybridized carbons (Fsp3) is 0.0588. The van der Waals surface area contributed by atoms with E-state index in [1.807, 2.05) is 36.4 Å². The Morgan fingerprint density at radius 1 is 0.875 bits per heavy atom.